The molecule has 1 aromatic rings. The Balaban J connectivity index is 2.67. The SMILES string of the molecule is CC(C)OC(=O)CNc1ccc(C#N)c(C#N)c1. The van der Waals surface area contributed by atoms with E-state index in [4.69, 9.17) is 15.3 Å². The molecule has 92 valence electrons. The van der Waals surface area contributed by atoms with E-state index in [2.05, 4.69) is 5.32 Å². The standard InChI is InChI=1S/C13H13N3O2/c1-9(2)18-13(17)8-16-12-4-3-10(6-14)11(5-12)7-15/h3-5,9,16H,8H2,1-2H3. The van der Waals surface area contributed by atoms with E-state index >= 15 is 0 Å². The van der Waals surface area contributed by atoms with Crippen LogP contribution in [0.4, 0.5) is 5.69 Å². The molecule has 0 bridgehead atoms. The summed E-state index contributed by atoms with van der Waals surface area (Å²) >= 11 is 0. The first-order valence-electron chi connectivity index (χ1n) is 5.44. The molecule has 0 aliphatic carbocycles. The summed E-state index contributed by atoms with van der Waals surface area (Å²) in [6.07, 6.45) is -0.157. The highest BCUT2D eigenvalue weighted by Crippen LogP contribution is 2.14. The van der Waals surface area contributed by atoms with E-state index in [9.17, 15) is 4.79 Å². The minimum Gasteiger partial charge on any atom is -0.462 e. The lowest BCUT2D eigenvalue weighted by Crippen LogP contribution is -2.20. The van der Waals surface area contributed by atoms with Crippen molar-refractivity contribution in [1.29, 1.82) is 10.5 Å². The van der Waals surface area contributed by atoms with Crippen molar-refractivity contribution in [3.05, 3.63) is 29.3 Å². The first-order valence-corrected chi connectivity index (χ1v) is 5.44. The second-order valence-electron chi connectivity index (χ2n) is 3.88. The van der Waals surface area contributed by atoms with Crippen molar-refractivity contribution >= 4 is 11.7 Å². The molecule has 0 spiro atoms. The molecule has 0 aliphatic heterocycles. The van der Waals surface area contributed by atoms with E-state index in [0.29, 0.717) is 11.3 Å². The summed E-state index contributed by atoms with van der Waals surface area (Å²) in [5.74, 6) is -0.368. The predicted octanol–water partition coefficient (Wildman–Crippen LogP) is 1.79. The summed E-state index contributed by atoms with van der Waals surface area (Å²) in [5.41, 5.74) is 1.19. The summed E-state index contributed by atoms with van der Waals surface area (Å²) in [6.45, 7) is 3.57. The van der Waals surface area contributed by atoms with Gasteiger partial charge in [-0.05, 0) is 32.0 Å². The van der Waals surface area contributed by atoms with Crippen molar-refractivity contribution < 1.29 is 9.53 Å². The van der Waals surface area contributed by atoms with Gasteiger partial charge < -0.3 is 10.1 Å². The Labute approximate surface area is 106 Å². The maximum Gasteiger partial charge on any atom is 0.325 e. The fourth-order valence-electron chi connectivity index (χ4n) is 1.32. The molecule has 0 fully saturated rings. The number of hydrogen-bond acceptors (Lipinski definition) is 5. The number of rotatable bonds is 4. The largest absolute Gasteiger partial charge is 0.462 e. The smallest absolute Gasteiger partial charge is 0.325 e. The van der Waals surface area contributed by atoms with Gasteiger partial charge in [-0.25, -0.2) is 0 Å². The zero-order valence-electron chi connectivity index (χ0n) is 10.2. The van der Waals surface area contributed by atoms with Gasteiger partial charge in [0.05, 0.1) is 17.2 Å². The molecule has 0 unspecified atom stereocenters. The maximum atomic E-state index is 11.3. The topological polar surface area (TPSA) is 85.9 Å². The summed E-state index contributed by atoms with van der Waals surface area (Å²) < 4.78 is 4.95. The second kappa shape index (κ2) is 6.27. The summed E-state index contributed by atoms with van der Waals surface area (Å²) in [5, 5.41) is 20.5. The number of nitrogens with one attached hydrogen (secondary N) is 1. The van der Waals surface area contributed by atoms with Crippen LogP contribution in [0.5, 0.6) is 0 Å². The van der Waals surface area contributed by atoms with Gasteiger partial charge in [0.25, 0.3) is 0 Å². The van der Waals surface area contributed by atoms with Crippen LogP contribution in [0.3, 0.4) is 0 Å². The Bertz CT molecular complexity index is 524. The van der Waals surface area contributed by atoms with E-state index in [1.165, 1.54) is 12.1 Å². The first-order chi connectivity index (χ1) is 8.56. The van der Waals surface area contributed by atoms with Crippen LogP contribution in [0, 0.1) is 22.7 Å². The van der Waals surface area contributed by atoms with Crippen LogP contribution in [0.2, 0.25) is 0 Å². The van der Waals surface area contributed by atoms with Crippen molar-refractivity contribution in [2.75, 3.05) is 11.9 Å². The molecule has 1 rings (SSSR count). The van der Waals surface area contributed by atoms with Gasteiger partial charge in [-0.3, -0.25) is 4.79 Å². The Morgan fingerprint density at radius 1 is 1.33 bits per heavy atom. The molecule has 0 radical (unpaired) electrons. The zero-order chi connectivity index (χ0) is 13.5. The quantitative estimate of drug-likeness (QED) is 0.815. The zero-order valence-corrected chi connectivity index (χ0v) is 10.2. The molecule has 5 heteroatoms. The molecular weight excluding hydrogens is 230 g/mol. The van der Waals surface area contributed by atoms with Crippen molar-refractivity contribution in [2.45, 2.75) is 20.0 Å². The Morgan fingerprint density at radius 3 is 2.56 bits per heavy atom. The molecule has 0 aliphatic rings. The molecule has 0 saturated carbocycles. The number of benzene rings is 1. The lowest BCUT2D eigenvalue weighted by molar-refractivity contribution is -0.145. The van der Waals surface area contributed by atoms with Crippen LogP contribution in [0.25, 0.3) is 0 Å². The molecule has 0 amide bonds. The van der Waals surface area contributed by atoms with Crippen molar-refractivity contribution in [3.8, 4) is 12.1 Å². The number of ether oxygens (including phenoxy) is 1. The van der Waals surface area contributed by atoms with Gasteiger partial charge in [0, 0.05) is 5.69 Å². The molecule has 5 nitrogen and oxygen atoms in total. The van der Waals surface area contributed by atoms with Gasteiger partial charge in [-0.15, -0.1) is 0 Å². The second-order valence-corrected chi connectivity index (χ2v) is 3.88. The van der Waals surface area contributed by atoms with Crippen LogP contribution in [0.15, 0.2) is 18.2 Å². The first kappa shape index (κ1) is 13.5. The van der Waals surface area contributed by atoms with E-state index in [1.54, 1.807) is 19.9 Å². The molecule has 1 N–H and O–H groups in total. The number of anilines is 1. The van der Waals surface area contributed by atoms with Gasteiger partial charge in [0.1, 0.15) is 18.7 Å². The molecular formula is C13H13N3O2. The lowest BCUT2D eigenvalue weighted by atomic mass is 10.1. The van der Waals surface area contributed by atoms with Crippen LogP contribution < -0.4 is 5.32 Å². The number of carbonyl (C=O) groups excluding carboxylic acids is 1. The highest BCUT2D eigenvalue weighted by Gasteiger charge is 2.06. The number of hydrogen-bond donors (Lipinski definition) is 1. The average Bonchev–Trinajstić information content (AvgIpc) is 2.35. The van der Waals surface area contributed by atoms with E-state index in [-0.39, 0.29) is 24.2 Å². The lowest BCUT2D eigenvalue weighted by Gasteiger charge is -2.09. The third-order valence-electron chi connectivity index (χ3n) is 2.06. The average molecular weight is 243 g/mol. The number of nitriles is 2. The van der Waals surface area contributed by atoms with Crippen LogP contribution in [-0.2, 0) is 9.53 Å². The van der Waals surface area contributed by atoms with Crippen LogP contribution in [-0.4, -0.2) is 18.6 Å². The van der Waals surface area contributed by atoms with Crippen molar-refractivity contribution in [3.63, 3.8) is 0 Å². The Hall–Kier alpha value is -2.53. The summed E-state index contributed by atoms with van der Waals surface area (Å²) in [6, 6.07) is 8.56. The van der Waals surface area contributed by atoms with Crippen molar-refractivity contribution in [2.24, 2.45) is 0 Å². The molecule has 0 aromatic heterocycles. The van der Waals surface area contributed by atoms with Crippen LogP contribution in [0.1, 0.15) is 25.0 Å². The normalized spacial score (nSPS) is 9.39. The molecule has 1 aromatic carbocycles. The predicted molar refractivity (Wildman–Crippen MR) is 65.6 cm³/mol. The monoisotopic (exact) mass is 243 g/mol. The summed E-state index contributed by atoms with van der Waals surface area (Å²) in [7, 11) is 0. The van der Waals surface area contributed by atoms with Gasteiger partial charge >= 0.3 is 5.97 Å². The summed E-state index contributed by atoms with van der Waals surface area (Å²) in [4.78, 5) is 11.3. The van der Waals surface area contributed by atoms with E-state index < -0.39 is 0 Å². The van der Waals surface area contributed by atoms with E-state index in [1.807, 2.05) is 12.1 Å². The maximum absolute atomic E-state index is 11.3. The van der Waals surface area contributed by atoms with Gasteiger partial charge in [0.15, 0.2) is 0 Å². The molecule has 0 atom stereocenters. The Kier molecular flexibility index (Phi) is 4.71. The van der Waals surface area contributed by atoms with Gasteiger partial charge in [-0.2, -0.15) is 10.5 Å². The minimum atomic E-state index is -0.368. The highest BCUT2D eigenvalue weighted by atomic mass is 16.5. The number of carbonyl (C=O) groups is 1. The Morgan fingerprint density at radius 2 is 2.00 bits per heavy atom. The van der Waals surface area contributed by atoms with Crippen LogP contribution >= 0.6 is 0 Å². The van der Waals surface area contributed by atoms with E-state index in [0.717, 1.165) is 0 Å². The molecule has 18 heavy (non-hydrogen) atoms. The van der Waals surface area contributed by atoms with Gasteiger partial charge in [-0.1, -0.05) is 0 Å². The minimum absolute atomic E-state index is 0.0228. The highest BCUT2D eigenvalue weighted by molar-refractivity contribution is 5.75. The third-order valence-corrected chi connectivity index (χ3v) is 2.06. The number of esters is 1. The molecule has 0 heterocycles. The molecule has 0 saturated heterocycles. The fourth-order valence-corrected chi connectivity index (χ4v) is 1.32. The third kappa shape index (κ3) is 3.80. The fraction of sp³-hybridized carbons (Fsp3) is 0.308. The number of nitrogens with zero attached hydrogens (tertiary/aromatic N) is 2. The van der Waals surface area contributed by atoms with Crippen molar-refractivity contribution in [1.82, 2.24) is 0 Å². The van der Waals surface area contributed by atoms with Gasteiger partial charge in [0.2, 0.25) is 0 Å².